The lowest BCUT2D eigenvalue weighted by Gasteiger charge is -2.31. The molecule has 1 atom stereocenters. The quantitative estimate of drug-likeness (QED) is 0.684. The third-order valence-corrected chi connectivity index (χ3v) is 6.07. The number of carbonyl (C=O) groups excluding carboxylic acids is 1. The van der Waals surface area contributed by atoms with Crippen LogP contribution in [-0.2, 0) is 14.8 Å². The molecular formula is C19H24ClN3O3S. The smallest absolute Gasteiger partial charge is 0.261 e. The fraction of sp³-hybridized carbons (Fsp3) is 0.316. The summed E-state index contributed by atoms with van der Waals surface area (Å²) in [5, 5.41) is 6.04. The highest BCUT2D eigenvalue weighted by molar-refractivity contribution is 7.92. The highest BCUT2D eigenvalue weighted by atomic mass is 35.5. The summed E-state index contributed by atoms with van der Waals surface area (Å²) < 4.78 is 27.3. The molecule has 1 fully saturated rings. The van der Waals surface area contributed by atoms with Crippen LogP contribution in [0.2, 0.25) is 0 Å². The van der Waals surface area contributed by atoms with Crippen LogP contribution in [0.1, 0.15) is 12.5 Å². The average Bonchev–Trinajstić information content (AvgIpc) is 2.55. The van der Waals surface area contributed by atoms with E-state index in [0.717, 1.165) is 18.7 Å². The lowest BCUT2D eigenvalue weighted by Crippen LogP contribution is -2.48. The third-order valence-electron chi connectivity index (χ3n) is 4.67. The molecule has 0 aromatic heterocycles. The maximum Gasteiger partial charge on any atom is 0.261 e. The van der Waals surface area contributed by atoms with E-state index >= 15 is 0 Å². The zero-order valence-electron chi connectivity index (χ0n) is 15.2. The van der Waals surface area contributed by atoms with Gasteiger partial charge >= 0.3 is 0 Å². The molecule has 8 heteroatoms. The SMILES string of the molecule is Cc1ccc(S(=O)(=O)Nc2ccc(NC(=O)C(C)C3CNC3)cc2)cc1.Cl. The number of anilines is 2. The van der Waals surface area contributed by atoms with Gasteiger partial charge in [0.05, 0.1) is 4.90 Å². The highest BCUT2D eigenvalue weighted by Crippen LogP contribution is 2.21. The molecule has 2 aromatic rings. The molecule has 3 rings (SSSR count). The summed E-state index contributed by atoms with van der Waals surface area (Å²) in [5.74, 6) is 0.288. The molecule has 0 bridgehead atoms. The fourth-order valence-electron chi connectivity index (χ4n) is 2.69. The number of rotatable bonds is 6. The first-order valence-electron chi connectivity index (χ1n) is 8.56. The minimum atomic E-state index is -3.63. The van der Waals surface area contributed by atoms with Gasteiger partial charge in [-0.1, -0.05) is 24.6 Å². The van der Waals surface area contributed by atoms with Gasteiger partial charge in [0, 0.05) is 17.3 Å². The number of carbonyl (C=O) groups is 1. The molecule has 0 spiro atoms. The van der Waals surface area contributed by atoms with E-state index in [9.17, 15) is 13.2 Å². The van der Waals surface area contributed by atoms with Crippen molar-refractivity contribution in [2.45, 2.75) is 18.7 Å². The molecular weight excluding hydrogens is 386 g/mol. The van der Waals surface area contributed by atoms with Gasteiger partial charge in [0.15, 0.2) is 0 Å². The Hall–Kier alpha value is -2.09. The summed E-state index contributed by atoms with van der Waals surface area (Å²) in [4.78, 5) is 12.4. The van der Waals surface area contributed by atoms with E-state index in [1.165, 1.54) is 0 Å². The summed E-state index contributed by atoms with van der Waals surface area (Å²) in [7, 11) is -3.63. The van der Waals surface area contributed by atoms with Crippen molar-refractivity contribution in [3.63, 3.8) is 0 Å². The summed E-state index contributed by atoms with van der Waals surface area (Å²) in [5.41, 5.74) is 2.09. The molecule has 1 heterocycles. The summed E-state index contributed by atoms with van der Waals surface area (Å²) in [6.45, 7) is 5.56. The predicted molar refractivity (Wildman–Crippen MR) is 110 cm³/mol. The van der Waals surface area contributed by atoms with Gasteiger partial charge in [0.25, 0.3) is 10.0 Å². The first-order valence-corrected chi connectivity index (χ1v) is 10.0. The Bertz CT molecular complexity index is 879. The van der Waals surface area contributed by atoms with Crippen LogP contribution in [0.4, 0.5) is 11.4 Å². The van der Waals surface area contributed by atoms with Crippen LogP contribution < -0.4 is 15.4 Å². The summed E-state index contributed by atoms with van der Waals surface area (Å²) in [6, 6.07) is 13.3. The van der Waals surface area contributed by atoms with E-state index in [2.05, 4.69) is 15.4 Å². The van der Waals surface area contributed by atoms with Crippen molar-refractivity contribution in [3.05, 3.63) is 54.1 Å². The first kappa shape index (κ1) is 21.2. The lowest BCUT2D eigenvalue weighted by atomic mass is 9.88. The lowest BCUT2D eigenvalue weighted by molar-refractivity contribution is -0.121. The van der Waals surface area contributed by atoms with Gasteiger partial charge in [-0.15, -0.1) is 12.4 Å². The second kappa shape index (κ2) is 8.73. The number of halogens is 1. The van der Waals surface area contributed by atoms with Crippen molar-refractivity contribution in [2.24, 2.45) is 11.8 Å². The Morgan fingerprint density at radius 3 is 2.11 bits per heavy atom. The zero-order valence-corrected chi connectivity index (χ0v) is 16.9. The average molecular weight is 410 g/mol. The number of aryl methyl sites for hydroxylation is 1. The van der Waals surface area contributed by atoms with Crippen molar-refractivity contribution in [2.75, 3.05) is 23.1 Å². The van der Waals surface area contributed by atoms with Crippen molar-refractivity contribution in [1.82, 2.24) is 5.32 Å². The van der Waals surface area contributed by atoms with Gasteiger partial charge in [-0.3, -0.25) is 9.52 Å². The number of nitrogens with one attached hydrogen (secondary N) is 3. The first-order chi connectivity index (χ1) is 12.3. The number of sulfonamides is 1. The van der Waals surface area contributed by atoms with Crippen LogP contribution in [0.15, 0.2) is 53.4 Å². The summed E-state index contributed by atoms with van der Waals surface area (Å²) >= 11 is 0. The second-order valence-corrected chi connectivity index (χ2v) is 8.37. The van der Waals surface area contributed by atoms with Gasteiger partial charge in [-0.25, -0.2) is 8.42 Å². The van der Waals surface area contributed by atoms with Crippen LogP contribution in [0.5, 0.6) is 0 Å². The Morgan fingerprint density at radius 2 is 1.59 bits per heavy atom. The van der Waals surface area contributed by atoms with Crippen molar-refractivity contribution < 1.29 is 13.2 Å². The topological polar surface area (TPSA) is 87.3 Å². The van der Waals surface area contributed by atoms with E-state index in [0.29, 0.717) is 17.3 Å². The molecule has 27 heavy (non-hydrogen) atoms. The van der Waals surface area contributed by atoms with E-state index in [1.807, 2.05) is 13.8 Å². The Balaban J connectivity index is 0.00000261. The summed E-state index contributed by atoms with van der Waals surface area (Å²) in [6.07, 6.45) is 0. The van der Waals surface area contributed by atoms with Crippen LogP contribution in [0.25, 0.3) is 0 Å². The van der Waals surface area contributed by atoms with Gasteiger partial charge in [0.1, 0.15) is 0 Å². The van der Waals surface area contributed by atoms with Gasteiger partial charge in [-0.2, -0.15) is 0 Å². The number of amides is 1. The maximum absolute atomic E-state index is 12.4. The molecule has 0 aliphatic carbocycles. The molecule has 0 radical (unpaired) electrons. The normalized spacial score (nSPS) is 15.2. The Labute approximate surface area is 166 Å². The van der Waals surface area contributed by atoms with E-state index < -0.39 is 10.0 Å². The van der Waals surface area contributed by atoms with Crippen LogP contribution in [-0.4, -0.2) is 27.4 Å². The van der Waals surface area contributed by atoms with Crippen LogP contribution in [0.3, 0.4) is 0 Å². The molecule has 146 valence electrons. The van der Waals surface area contributed by atoms with E-state index in [1.54, 1.807) is 48.5 Å². The maximum atomic E-state index is 12.4. The number of hydrogen-bond donors (Lipinski definition) is 3. The molecule has 1 aliphatic rings. The van der Waals surface area contributed by atoms with Crippen molar-refractivity contribution in [1.29, 1.82) is 0 Å². The highest BCUT2D eigenvalue weighted by Gasteiger charge is 2.28. The van der Waals surface area contributed by atoms with Gasteiger partial charge < -0.3 is 10.6 Å². The monoisotopic (exact) mass is 409 g/mol. The molecule has 6 nitrogen and oxygen atoms in total. The van der Waals surface area contributed by atoms with Gasteiger partial charge in [-0.05, 0) is 62.3 Å². The van der Waals surface area contributed by atoms with E-state index in [4.69, 9.17) is 0 Å². The molecule has 1 unspecified atom stereocenters. The molecule has 1 aliphatic heterocycles. The zero-order chi connectivity index (χ0) is 18.7. The predicted octanol–water partition coefficient (Wildman–Crippen LogP) is 3.01. The van der Waals surface area contributed by atoms with Crippen molar-refractivity contribution in [3.8, 4) is 0 Å². The number of benzene rings is 2. The molecule has 1 amide bonds. The molecule has 0 saturated carbocycles. The molecule has 2 aromatic carbocycles. The molecule has 3 N–H and O–H groups in total. The largest absolute Gasteiger partial charge is 0.326 e. The van der Waals surface area contributed by atoms with E-state index in [-0.39, 0.29) is 29.1 Å². The minimum absolute atomic E-state index is 0. The number of hydrogen-bond acceptors (Lipinski definition) is 4. The second-order valence-electron chi connectivity index (χ2n) is 6.69. The van der Waals surface area contributed by atoms with Crippen molar-refractivity contribution >= 4 is 39.7 Å². The molecule has 1 saturated heterocycles. The van der Waals surface area contributed by atoms with Crippen LogP contribution >= 0.6 is 12.4 Å². The van der Waals surface area contributed by atoms with Gasteiger partial charge in [0.2, 0.25) is 5.91 Å². The Morgan fingerprint density at radius 1 is 1.04 bits per heavy atom. The third kappa shape index (κ3) is 5.22. The standard InChI is InChI=1S/C19H23N3O3S.ClH/c1-13-3-9-18(10-4-13)26(24,25)22-17-7-5-16(6-8-17)21-19(23)14(2)15-11-20-12-15;/h3-10,14-15,20,22H,11-12H2,1-2H3,(H,21,23);1H. The Kier molecular flexibility index (Phi) is 6.86. The minimum Gasteiger partial charge on any atom is -0.326 e. The van der Waals surface area contributed by atoms with Crippen LogP contribution in [0, 0.1) is 18.8 Å². The fourth-order valence-corrected chi connectivity index (χ4v) is 3.75.